The van der Waals surface area contributed by atoms with Crippen LogP contribution in [0.4, 0.5) is 11.8 Å². The molecular weight excluding hydrogens is 314 g/mol. The predicted octanol–water partition coefficient (Wildman–Crippen LogP) is 1.48. The highest BCUT2D eigenvalue weighted by Crippen LogP contribution is 2.28. The molecule has 2 aromatic rings. The molecule has 0 bridgehead atoms. The Morgan fingerprint density at radius 1 is 1.09 bits per heavy atom. The number of nitrogen functional groups attached to an aromatic ring is 2. The smallest absolute Gasteiger partial charge is 0.243 e. The van der Waals surface area contributed by atoms with Gasteiger partial charge in [0.05, 0.1) is 4.90 Å². The predicted molar refractivity (Wildman–Crippen MR) is 88.9 cm³/mol. The molecule has 0 atom stereocenters. The van der Waals surface area contributed by atoms with Gasteiger partial charge in [-0.3, -0.25) is 0 Å². The first-order valence-electron chi connectivity index (χ1n) is 7.47. The van der Waals surface area contributed by atoms with Crippen molar-refractivity contribution in [3.05, 3.63) is 30.5 Å². The van der Waals surface area contributed by atoms with Crippen molar-refractivity contribution in [3.63, 3.8) is 0 Å². The average Bonchev–Trinajstić information content (AvgIpc) is 2.56. The van der Waals surface area contributed by atoms with Crippen molar-refractivity contribution in [2.24, 2.45) is 0 Å². The Morgan fingerprint density at radius 2 is 1.83 bits per heavy atom. The van der Waals surface area contributed by atoms with Gasteiger partial charge in [-0.1, -0.05) is 18.6 Å². The van der Waals surface area contributed by atoms with Gasteiger partial charge in [0.1, 0.15) is 5.82 Å². The fraction of sp³-hybridized carbons (Fsp3) is 0.333. The summed E-state index contributed by atoms with van der Waals surface area (Å²) in [5.74, 6) is 0.313. The fourth-order valence-electron chi connectivity index (χ4n) is 2.71. The molecular formula is C15H19N5O2S. The quantitative estimate of drug-likeness (QED) is 0.879. The topological polar surface area (TPSA) is 115 Å². The second-order valence-electron chi connectivity index (χ2n) is 5.52. The standard InChI is InChI=1S/C15H19N5O2S/c16-14-13(10-18-15(17)19-14)11-5-4-6-12(9-11)23(21,22)20-7-2-1-3-8-20/h4-6,9-10H,1-3,7-8H2,(H4,16,17,18,19). The van der Waals surface area contributed by atoms with Gasteiger partial charge in [0.15, 0.2) is 0 Å². The van der Waals surface area contributed by atoms with Crippen LogP contribution < -0.4 is 11.5 Å². The van der Waals surface area contributed by atoms with Crippen molar-refractivity contribution >= 4 is 21.8 Å². The van der Waals surface area contributed by atoms with E-state index in [-0.39, 0.29) is 16.7 Å². The Balaban J connectivity index is 1.99. The van der Waals surface area contributed by atoms with Crippen LogP contribution in [0.2, 0.25) is 0 Å². The highest BCUT2D eigenvalue weighted by atomic mass is 32.2. The summed E-state index contributed by atoms with van der Waals surface area (Å²) in [6, 6.07) is 6.68. The third-order valence-corrected chi connectivity index (χ3v) is 5.83. The van der Waals surface area contributed by atoms with Crippen LogP contribution in [0.15, 0.2) is 35.4 Å². The first-order chi connectivity index (χ1) is 11.0. The summed E-state index contributed by atoms with van der Waals surface area (Å²) in [4.78, 5) is 8.10. The summed E-state index contributed by atoms with van der Waals surface area (Å²) in [5, 5.41) is 0. The largest absolute Gasteiger partial charge is 0.383 e. The molecule has 122 valence electrons. The molecule has 0 saturated carbocycles. The molecule has 2 heterocycles. The van der Waals surface area contributed by atoms with Crippen LogP contribution in [-0.2, 0) is 10.0 Å². The molecule has 1 aromatic carbocycles. The zero-order chi connectivity index (χ0) is 16.4. The summed E-state index contributed by atoms with van der Waals surface area (Å²) in [5.41, 5.74) is 12.6. The lowest BCUT2D eigenvalue weighted by Crippen LogP contribution is -2.35. The lowest BCUT2D eigenvalue weighted by atomic mass is 10.1. The number of benzene rings is 1. The zero-order valence-corrected chi connectivity index (χ0v) is 13.5. The molecule has 3 rings (SSSR count). The number of hydrogen-bond donors (Lipinski definition) is 2. The SMILES string of the molecule is Nc1ncc(-c2cccc(S(=O)(=O)N3CCCCC3)c2)c(N)n1. The van der Waals surface area contributed by atoms with E-state index in [0.29, 0.717) is 24.2 Å². The number of aromatic nitrogens is 2. The Hall–Kier alpha value is -2.19. The maximum Gasteiger partial charge on any atom is 0.243 e. The van der Waals surface area contributed by atoms with Crippen LogP contribution >= 0.6 is 0 Å². The zero-order valence-electron chi connectivity index (χ0n) is 12.6. The Kier molecular flexibility index (Phi) is 4.18. The third kappa shape index (κ3) is 3.13. The number of piperidine rings is 1. The average molecular weight is 333 g/mol. The molecule has 8 heteroatoms. The van der Waals surface area contributed by atoms with E-state index in [0.717, 1.165) is 19.3 Å². The molecule has 1 aromatic heterocycles. The van der Waals surface area contributed by atoms with Gasteiger partial charge in [-0.15, -0.1) is 0 Å². The van der Waals surface area contributed by atoms with Crippen LogP contribution in [-0.4, -0.2) is 35.8 Å². The van der Waals surface area contributed by atoms with Crippen LogP contribution in [0.3, 0.4) is 0 Å². The van der Waals surface area contributed by atoms with Crippen molar-refractivity contribution in [1.29, 1.82) is 0 Å². The number of hydrogen-bond acceptors (Lipinski definition) is 6. The van der Waals surface area contributed by atoms with Crippen LogP contribution in [0.5, 0.6) is 0 Å². The van der Waals surface area contributed by atoms with Crippen molar-refractivity contribution < 1.29 is 8.42 Å². The summed E-state index contributed by atoms with van der Waals surface area (Å²) < 4.78 is 27.0. The number of nitrogens with zero attached hydrogens (tertiary/aromatic N) is 3. The molecule has 0 unspecified atom stereocenters. The molecule has 1 fully saturated rings. The van der Waals surface area contributed by atoms with E-state index in [4.69, 9.17) is 11.5 Å². The highest BCUT2D eigenvalue weighted by molar-refractivity contribution is 7.89. The minimum absolute atomic E-state index is 0.0864. The van der Waals surface area contributed by atoms with Gasteiger partial charge >= 0.3 is 0 Å². The maximum atomic E-state index is 12.8. The van der Waals surface area contributed by atoms with Crippen molar-refractivity contribution in [2.45, 2.75) is 24.2 Å². The molecule has 23 heavy (non-hydrogen) atoms. The Labute approximate surface area is 135 Å². The monoisotopic (exact) mass is 333 g/mol. The van der Waals surface area contributed by atoms with Crippen LogP contribution in [0.25, 0.3) is 11.1 Å². The van der Waals surface area contributed by atoms with E-state index < -0.39 is 10.0 Å². The summed E-state index contributed by atoms with van der Waals surface area (Å²) in [6.45, 7) is 1.14. The fourth-order valence-corrected chi connectivity index (χ4v) is 4.27. The first kappa shape index (κ1) is 15.7. The van der Waals surface area contributed by atoms with Gasteiger partial charge in [0, 0.05) is 24.8 Å². The van der Waals surface area contributed by atoms with Crippen molar-refractivity contribution in [2.75, 3.05) is 24.6 Å². The van der Waals surface area contributed by atoms with Crippen LogP contribution in [0.1, 0.15) is 19.3 Å². The van der Waals surface area contributed by atoms with Crippen LogP contribution in [0, 0.1) is 0 Å². The maximum absolute atomic E-state index is 12.8. The molecule has 1 saturated heterocycles. The van der Waals surface area contributed by atoms with Gasteiger partial charge in [-0.25, -0.2) is 13.4 Å². The number of anilines is 2. The number of sulfonamides is 1. The lowest BCUT2D eigenvalue weighted by molar-refractivity contribution is 0.346. The van der Waals surface area contributed by atoms with E-state index >= 15 is 0 Å². The minimum atomic E-state index is -3.49. The molecule has 1 aliphatic rings. The summed E-state index contributed by atoms with van der Waals surface area (Å²) in [6.07, 6.45) is 4.38. The first-order valence-corrected chi connectivity index (χ1v) is 8.91. The molecule has 0 aliphatic carbocycles. The number of rotatable bonds is 3. The van der Waals surface area contributed by atoms with E-state index in [9.17, 15) is 8.42 Å². The van der Waals surface area contributed by atoms with Gasteiger partial charge < -0.3 is 11.5 Å². The normalized spacial score (nSPS) is 16.3. The molecule has 1 aliphatic heterocycles. The second kappa shape index (κ2) is 6.13. The van der Waals surface area contributed by atoms with E-state index in [2.05, 4.69) is 9.97 Å². The van der Waals surface area contributed by atoms with Crippen molar-refractivity contribution in [3.8, 4) is 11.1 Å². The Bertz CT molecular complexity index is 816. The third-order valence-electron chi connectivity index (χ3n) is 3.93. The van der Waals surface area contributed by atoms with Gasteiger partial charge in [0.2, 0.25) is 16.0 Å². The molecule has 0 spiro atoms. The second-order valence-corrected chi connectivity index (χ2v) is 7.46. The van der Waals surface area contributed by atoms with Crippen molar-refractivity contribution in [1.82, 2.24) is 14.3 Å². The van der Waals surface area contributed by atoms with Gasteiger partial charge in [0.25, 0.3) is 0 Å². The molecule has 4 N–H and O–H groups in total. The molecule has 7 nitrogen and oxygen atoms in total. The van der Waals surface area contributed by atoms with Gasteiger partial charge in [-0.2, -0.15) is 9.29 Å². The summed E-state index contributed by atoms with van der Waals surface area (Å²) in [7, 11) is -3.49. The number of nitrogens with two attached hydrogens (primary N) is 2. The lowest BCUT2D eigenvalue weighted by Gasteiger charge is -2.26. The minimum Gasteiger partial charge on any atom is -0.383 e. The Morgan fingerprint density at radius 3 is 2.52 bits per heavy atom. The van der Waals surface area contributed by atoms with Gasteiger partial charge in [-0.05, 0) is 30.5 Å². The van der Waals surface area contributed by atoms with E-state index in [1.807, 2.05) is 0 Å². The summed E-state index contributed by atoms with van der Waals surface area (Å²) >= 11 is 0. The molecule has 0 radical (unpaired) electrons. The van der Waals surface area contributed by atoms with E-state index in [1.165, 1.54) is 6.20 Å². The van der Waals surface area contributed by atoms with E-state index in [1.54, 1.807) is 28.6 Å². The highest BCUT2D eigenvalue weighted by Gasteiger charge is 2.26. The molecule has 0 amide bonds.